The number of hydrogen-bond acceptors (Lipinski definition) is 5. The third-order valence-electron chi connectivity index (χ3n) is 4.62. The third-order valence-corrected chi connectivity index (χ3v) is 4.62. The highest BCUT2D eigenvalue weighted by Gasteiger charge is 2.47. The lowest BCUT2D eigenvalue weighted by Crippen LogP contribution is -2.59. The molecule has 0 radical (unpaired) electrons. The van der Waals surface area contributed by atoms with E-state index in [4.69, 9.17) is 5.26 Å². The van der Waals surface area contributed by atoms with Crippen molar-refractivity contribution < 1.29 is 5.11 Å². The molecule has 106 valence electrons. The zero-order chi connectivity index (χ0) is 14.2. The predicted octanol–water partition coefficient (Wildman–Crippen LogP) is 1.79. The molecule has 1 aliphatic carbocycles. The molecule has 1 atom stereocenters. The molecule has 2 aliphatic rings. The molecule has 3 rings (SSSR count). The number of piperidine rings is 1. The summed E-state index contributed by atoms with van der Waals surface area (Å²) in [6.45, 7) is 2.81. The van der Waals surface area contributed by atoms with Gasteiger partial charge in [0.2, 0.25) is 0 Å². The molecule has 0 bridgehead atoms. The standard InChI is InChI=1S/C15H20N4O/c1-2-13-17-11(10-16)8-14(18-13)19-7-4-12(20)9-15(19)5-3-6-15/h8,12,20H,2-7,9H2,1H3. The Morgan fingerprint density at radius 1 is 1.50 bits per heavy atom. The van der Waals surface area contributed by atoms with E-state index in [1.165, 1.54) is 6.42 Å². The minimum atomic E-state index is -0.200. The van der Waals surface area contributed by atoms with Gasteiger partial charge in [-0.25, -0.2) is 9.97 Å². The molecule has 1 aliphatic heterocycles. The molecule has 2 heterocycles. The van der Waals surface area contributed by atoms with Crippen LogP contribution in [0.1, 0.15) is 50.5 Å². The molecular weight excluding hydrogens is 252 g/mol. The SMILES string of the molecule is CCc1nc(C#N)cc(N2CCC(O)CC23CCC3)n1. The Bertz CT molecular complexity index is 547. The maximum absolute atomic E-state index is 9.96. The van der Waals surface area contributed by atoms with E-state index in [9.17, 15) is 5.11 Å². The second-order valence-electron chi connectivity index (χ2n) is 5.87. The largest absolute Gasteiger partial charge is 0.393 e. The highest BCUT2D eigenvalue weighted by atomic mass is 16.3. The second kappa shape index (κ2) is 5.02. The van der Waals surface area contributed by atoms with Gasteiger partial charge in [0.05, 0.1) is 6.10 Å². The summed E-state index contributed by atoms with van der Waals surface area (Å²) in [5, 5.41) is 19.1. The highest BCUT2D eigenvalue weighted by molar-refractivity contribution is 5.47. The lowest BCUT2D eigenvalue weighted by atomic mass is 9.69. The van der Waals surface area contributed by atoms with Crippen molar-refractivity contribution in [3.8, 4) is 6.07 Å². The first kappa shape index (κ1) is 13.3. The van der Waals surface area contributed by atoms with Crippen molar-refractivity contribution in [2.75, 3.05) is 11.4 Å². The summed E-state index contributed by atoms with van der Waals surface area (Å²) in [4.78, 5) is 11.1. The summed E-state index contributed by atoms with van der Waals surface area (Å²) in [6, 6.07) is 3.91. The smallest absolute Gasteiger partial charge is 0.146 e. The fraction of sp³-hybridized carbons (Fsp3) is 0.667. The van der Waals surface area contributed by atoms with Crippen LogP contribution in [0.5, 0.6) is 0 Å². The Kier molecular flexibility index (Phi) is 3.35. The van der Waals surface area contributed by atoms with Gasteiger partial charge >= 0.3 is 0 Å². The van der Waals surface area contributed by atoms with E-state index >= 15 is 0 Å². The molecule has 0 amide bonds. The van der Waals surface area contributed by atoms with E-state index in [0.717, 1.165) is 50.3 Å². The van der Waals surface area contributed by atoms with Crippen molar-refractivity contribution in [3.63, 3.8) is 0 Å². The van der Waals surface area contributed by atoms with Crippen LogP contribution in [0.25, 0.3) is 0 Å². The maximum Gasteiger partial charge on any atom is 0.146 e. The van der Waals surface area contributed by atoms with Crippen molar-refractivity contribution in [2.24, 2.45) is 0 Å². The van der Waals surface area contributed by atoms with Crippen LogP contribution in [0.4, 0.5) is 5.82 Å². The van der Waals surface area contributed by atoms with Crippen LogP contribution in [-0.2, 0) is 6.42 Å². The summed E-state index contributed by atoms with van der Waals surface area (Å²) in [5.74, 6) is 1.58. The molecule has 1 saturated heterocycles. The fourth-order valence-corrected chi connectivity index (χ4v) is 3.42. The van der Waals surface area contributed by atoms with E-state index in [1.54, 1.807) is 6.07 Å². The number of aryl methyl sites for hydroxylation is 1. The molecule has 5 heteroatoms. The number of aromatic nitrogens is 2. The molecule has 1 aromatic heterocycles. The van der Waals surface area contributed by atoms with Gasteiger partial charge in [-0.15, -0.1) is 0 Å². The summed E-state index contributed by atoms with van der Waals surface area (Å²) in [5.41, 5.74) is 0.497. The van der Waals surface area contributed by atoms with Gasteiger partial charge < -0.3 is 10.0 Å². The number of nitrogens with zero attached hydrogens (tertiary/aromatic N) is 4. The van der Waals surface area contributed by atoms with Crippen LogP contribution in [0.3, 0.4) is 0 Å². The van der Waals surface area contributed by atoms with Gasteiger partial charge in [0.25, 0.3) is 0 Å². The Labute approximate surface area is 119 Å². The summed E-state index contributed by atoms with van der Waals surface area (Å²) in [7, 11) is 0. The summed E-state index contributed by atoms with van der Waals surface area (Å²) >= 11 is 0. The first-order valence-corrected chi connectivity index (χ1v) is 7.40. The monoisotopic (exact) mass is 272 g/mol. The van der Waals surface area contributed by atoms with Gasteiger partial charge in [-0.05, 0) is 32.1 Å². The first-order chi connectivity index (χ1) is 9.66. The number of anilines is 1. The first-order valence-electron chi connectivity index (χ1n) is 7.40. The Hall–Kier alpha value is -1.67. The van der Waals surface area contributed by atoms with Gasteiger partial charge in [-0.2, -0.15) is 5.26 Å². The molecule has 5 nitrogen and oxygen atoms in total. The van der Waals surface area contributed by atoms with Gasteiger partial charge in [0.15, 0.2) is 0 Å². The van der Waals surface area contributed by atoms with Gasteiger partial charge in [-0.3, -0.25) is 0 Å². The predicted molar refractivity (Wildman–Crippen MR) is 75.3 cm³/mol. The van der Waals surface area contributed by atoms with Crippen LogP contribution in [0.2, 0.25) is 0 Å². The van der Waals surface area contributed by atoms with E-state index in [1.807, 2.05) is 6.92 Å². The van der Waals surface area contributed by atoms with Crippen molar-refractivity contribution >= 4 is 5.82 Å². The number of rotatable bonds is 2. The van der Waals surface area contributed by atoms with Crippen molar-refractivity contribution in [3.05, 3.63) is 17.6 Å². The van der Waals surface area contributed by atoms with Crippen molar-refractivity contribution in [1.82, 2.24) is 9.97 Å². The van der Waals surface area contributed by atoms with Crippen LogP contribution in [-0.4, -0.2) is 33.3 Å². The second-order valence-corrected chi connectivity index (χ2v) is 5.87. The van der Waals surface area contributed by atoms with Gasteiger partial charge in [-0.1, -0.05) is 6.92 Å². The lowest BCUT2D eigenvalue weighted by Gasteiger charge is -2.55. The molecule has 1 N–H and O–H groups in total. The molecule has 0 aromatic carbocycles. The number of nitriles is 1. The van der Waals surface area contributed by atoms with Crippen LogP contribution in [0.15, 0.2) is 6.07 Å². The summed E-state index contributed by atoms with van der Waals surface area (Å²) < 4.78 is 0. The van der Waals surface area contributed by atoms with E-state index < -0.39 is 0 Å². The lowest BCUT2D eigenvalue weighted by molar-refractivity contribution is 0.0603. The normalized spacial score (nSPS) is 24.2. The van der Waals surface area contributed by atoms with Gasteiger partial charge in [0, 0.05) is 24.6 Å². The van der Waals surface area contributed by atoms with E-state index in [2.05, 4.69) is 20.9 Å². The Morgan fingerprint density at radius 2 is 2.30 bits per heavy atom. The molecule has 1 saturated carbocycles. The Balaban J connectivity index is 1.97. The molecule has 1 spiro atoms. The van der Waals surface area contributed by atoms with Gasteiger partial charge in [0.1, 0.15) is 23.4 Å². The van der Waals surface area contributed by atoms with E-state index in [0.29, 0.717) is 5.69 Å². The average Bonchev–Trinajstić information content (AvgIpc) is 2.44. The molecule has 1 aromatic rings. The number of aliphatic hydroxyl groups is 1. The van der Waals surface area contributed by atoms with E-state index in [-0.39, 0.29) is 11.6 Å². The van der Waals surface area contributed by atoms with Crippen LogP contribution < -0.4 is 4.90 Å². The minimum absolute atomic E-state index is 0.0593. The molecule has 1 unspecified atom stereocenters. The zero-order valence-corrected chi connectivity index (χ0v) is 11.8. The highest BCUT2D eigenvalue weighted by Crippen LogP contribution is 2.46. The molecule has 2 fully saturated rings. The quantitative estimate of drug-likeness (QED) is 0.888. The minimum Gasteiger partial charge on any atom is -0.393 e. The summed E-state index contributed by atoms with van der Waals surface area (Å²) in [6.07, 6.45) is 5.55. The topological polar surface area (TPSA) is 73.0 Å². The number of aliphatic hydroxyl groups excluding tert-OH is 1. The Morgan fingerprint density at radius 3 is 2.90 bits per heavy atom. The van der Waals surface area contributed by atoms with Crippen LogP contribution >= 0.6 is 0 Å². The third kappa shape index (κ3) is 2.14. The van der Waals surface area contributed by atoms with Crippen LogP contribution in [0, 0.1) is 11.3 Å². The maximum atomic E-state index is 9.96. The molecular formula is C15H20N4O. The van der Waals surface area contributed by atoms with Crippen molar-refractivity contribution in [1.29, 1.82) is 5.26 Å². The molecule has 20 heavy (non-hydrogen) atoms. The van der Waals surface area contributed by atoms with Crippen molar-refractivity contribution in [2.45, 2.75) is 57.1 Å². The zero-order valence-electron chi connectivity index (χ0n) is 11.8. The average molecular weight is 272 g/mol. The fourth-order valence-electron chi connectivity index (χ4n) is 3.42. The number of hydrogen-bond donors (Lipinski definition) is 1.